The van der Waals surface area contributed by atoms with Crippen molar-refractivity contribution in [2.75, 3.05) is 26.0 Å². The van der Waals surface area contributed by atoms with E-state index in [1.807, 2.05) is 12.1 Å². The molecule has 0 aromatic heterocycles. The molecule has 1 aromatic rings. The van der Waals surface area contributed by atoms with E-state index in [2.05, 4.69) is 30.4 Å². The van der Waals surface area contributed by atoms with Crippen LogP contribution in [0.1, 0.15) is 18.0 Å². The quantitative estimate of drug-likeness (QED) is 0.767. The highest BCUT2D eigenvalue weighted by atomic mass is 35.5. The van der Waals surface area contributed by atoms with Crippen LogP contribution in [0.15, 0.2) is 18.2 Å². The van der Waals surface area contributed by atoms with Crippen LogP contribution in [0.25, 0.3) is 0 Å². The molecule has 1 heterocycles. The Labute approximate surface area is 89.9 Å². The third-order valence-corrected chi connectivity index (χ3v) is 2.97. The van der Waals surface area contributed by atoms with Gasteiger partial charge in [-0.05, 0) is 38.2 Å². The van der Waals surface area contributed by atoms with E-state index in [1.165, 1.54) is 11.3 Å². The number of halogens is 1. The van der Waals surface area contributed by atoms with Gasteiger partial charge in [-0.1, -0.05) is 17.7 Å². The van der Waals surface area contributed by atoms with Crippen molar-refractivity contribution in [3.8, 4) is 0 Å². The van der Waals surface area contributed by atoms with Crippen LogP contribution in [-0.2, 0) is 0 Å². The van der Waals surface area contributed by atoms with Crippen LogP contribution in [0, 0.1) is 0 Å². The fourth-order valence-electron chi connectivity index (χ4n) is 2.01. The average Bonchev–Trinajstić information content (AvgIpc) is 2.16. The predicted molar refractivity (Wildman–Crippen MR) is 61.0 cm³/mol. The molecule has 1 unspecified atom stereocenters. The fraction of sp³-hybridized carbons (Fsp3) is 0.455. The predicted octanol–water partition coefficient (Wildman–Crippen LogP) is 2.76. The smallest absolute Gasteiger partial charge is 0.0426 e. The van der Waals surface area contributed by atoms with Gasteiger partial charge < -0.3 is 10.2 Å². The molecule has 2 rings (SSSR count). The van der Waals surface area contributed by atoms with E-state index in [-0.39, 0.29) is 0 Å². The first-order valence-corrected chi connectivity index (χ1v) is 5.26. The summed E-state index contributed by atoms with van der Waals surface area (Å²) in [4.78, 5) is 2.26. The molecule has 0 spiro atoms. The molecule has 1 atom stereocenters. The van der Waals surface area contributed by atoms with E-state index in [4.69, 9.17) is 11.6 Å². The number of anilines is 1. The Morgan fingerprint density at radius 1 is 1.43 bits per heavy atom. The van der Waals surface area contributed by atoms with Crippen molar-refractivity contribution in [3.05, 3.63) is 28.8 Å². The van der Waals surface area contributed by atoms with Gasteiger partial charge in [0, 0.05) is 23.3 Å². The Hall–Kier alpha value is -0.730. The zero-order valence-electron chi connectivity index (χ0n) is 8.55. The number of hydrogen-bond acceptors (Lipinski definition) is 2. The van der Waals surface area contributed by atoms with Gasteiger partial charge in [-0.25, -0.2) is 0 Å². The highest BCUT2D eigenvalue weighted by Crippen LogP contribution is 2.34. The highest BCUT2D eigenvalue weighted by Gasteiger charge is 2.21. The molecule has 1 aromatic carbocycles. The van der Waals surface area contributed by atoms with Gasteiger partial charge in [-0.2, -0.15) is 0 Å². The van der Waals surface area contributed by atoms with Crippen LogP contribution in [0.2, 0.25) is 5.02 Å². The molecule has 0 amide bonds. The van der Waals surface area contributed by atoms with Gasteiger partial charge in [-0.15, -0.1) is 0 Å². The van der Waals surface area contributed by atoms with E-state index < -0.39 is 0 Å². The standard InChI is InChI=1S/C11H15ClN2/c1-14(2)11-5-6-13-10-7-8(12)3-4-9(10)11/h3-4,7,11,13H,5-6H2,1-2H3. The molecule has 0 saturated carbocycles. The lowest BCUT2D eigenvalue weighted by Gasteiger charge is -2.31. The van der Waals surface area contributed by atoms with Gasteiger partial charge in [0.05, 0.1) is 0 Å². The summed E-state index contributed by atoms with van der Waals surface area (Å²) in [6.45, 7) is 1.02. The van der Waals surface area contributed by atoms with E-state index in [0.717, 1.165) is 18.0 Å². The summed E-state index contributed by atoms with van der Waals surface area (Å²) in [7, 11) is 4.24. The lowest BCUT2D eigenvalue weighted by atomic mass is 9.97. The summed E-state index contributed by atoms with van der Waals surface area (Å²) in [5.41, 5.74) is 2.54. The Morgan fingerprint density at radius 2 is 2.21 bits per heavy atom. The molecule has 1 aliphatic heterocycles. The van der Waals surface area contributed by atoms with Crippen LogP contribution < -0.4 is 5.32 Å². The van der Waals surface area contributed by atoms with Crippen molar-refractivity contribution in [1.82, 2.24) is 4.90 Å². The summed E-state index contributed by atoms with van der Waals surface area (Å²) in [5.74, 6) is 0. The molecule has 0 radical (unpaired) electrons. The van der Waals surface area contributed by atoms with Gasteiger partial charge in [0.2, 0.25) is 0 Å². The van der Waals surface area contributed by atoms with Gasteiger partial charge in [-0.3, -0.25) is 0 Å². The maximum atomic E-state index is 5.95. The first-order valence-electron chi connectivity index (χ1n) is 4.88. The van der Waals surface area contributed by atoms with Crippen LogP contribution >= 0.6 is 11.6 Å². The average molecular weight is 211 g/mol. The van der Waals surface area contributed by atoms with E-state index >= 15 is 0 Å². The molecule has 1 N–H and O–H groups in total. The van der Waals surface area contributed by atoms with E-state index in [1.54, 1.807) is 0 Å². The minimum absolute atomic E-state index is 0.517. The van der Waals surface area contributed by atoms with Crippen LogP contribution in [0.5, 0.6) is 0 Å². The van der Waals surface area contributed by atoms with Crippen LogP contribution in [0.4, 0.5) is 5.69 Å². The second-order valence-electron chi connectivity index (χ2n) is 3.93. The Bertz CT molecular complexity index is 336. The second kappa shape index (κ2) is 3.79. The minimum atomic E-state index is 0.517. The van der Waals surface area contributed by atoms with Crippen molar-refractivity contribution in [3.63, 3.8) is 0 Å². The molecule has 0 fully saturated rings. The molecular formula is C11H15ClN2. The van der Waals surface area contributed by atoms with Crippen molar-refractivity contribution in [1.29, 1.82) is 0 Å². The number of nitrogens with one attached hydrogen (secondary N) is 1. The normalized spacial score (nSPS) is 20.4. The van der Waals surface area contributed by atoms with Crippen molar-refractivity contribution in [2.24, 2.45) is 0 Å². The third-order valence-electron chi connectivity index (χ3n) is 2.73. The van der Waals surface area contributed by atoms with Crippen LogP contribution in [-0.4, -0.2) is 25.5 Å². The molecule has 0 aliphatic carbocycles. The highest BCUT2D eigenvalue weighted by molar-refractivity contribution is 6.30. The first-order chi connectivity index (χ1) is 6.68. The number of nitrogens with zero attached hydrogens (tertiary/aromatic N) is 1. The summed E-state index contributed by atoms with van der Waals surface area (Å²) >= 11 is 5.95. The first kappa shape index (κ1) is 9.81. The summed E-state index contributed by atoms with van der Waals surface area (Å²) in [6.07, 6.45) is 1.15. The van der Waals surface area contributed by atoms with Gasteiger partial charge in [0.25, 0.3) is 0 Å². The van der Waals surface area contributed by atoms with E-state index in [0.29, 0.717) is 6.04 Å². The minimum Gasteiger partial charge on any atom is -0.385 e. The van der Waals surface area contributed by atoms with Crippen LogP contribution in [0.3, 0.4) is 0 Å². The molecule has 14 heavy (non-hydrogen) atoms. The maximum absolute atomic E-state index is 5.95. The van der Waals surface area contributed by atoms with Crippen molar-refractivity contribution < 1.29 is 0 Å². The Kier molecular flexibility index (Phi) is 2.66. The van der Waals surface area contributed by atoms with Crippen molar-refractivity contribution in [2.45, 2.75) is 12.5 Å². The number of fused-ring (bicyclic) bond motifs is 1. The molecule has 3 heteroatoms. The molecule has 1 aliphatic rings. The topological polar surface area (TPSA) is 15.3 Å². The zero-order valence-corrected chi connectivity index (χ0v) is 9.30. The molecule has 2 nitrogen and oxygen atoms in total. The van der Waals surface area contributed by atoms with Gasteiger partial charge in [0.15, 0.2) is 0 Å². The summed E-state index contributed by atoms with van der Waals surface area (Å²) in [5, 5.41) is 4.18. The summed E-state index contributed by atoms with van der Waals surface area (Å²) in [6, 6.07) is 6.61. The molecule has 0 saturated heterocycles. The lowest BCUT2D eigenvalue weighted by molar-refractivity contribution is 0.285. The molecule has 0 bridgehead atoms. The Balaban J connectivity index is 2.40. The third kappa shape index (κ3) is 1.72. The fourth-order valence-corrected chi connectivity index (χ4v) is 2.18. The largest absolute Gasteiger partial charge is 0.385 e. The Morgan fingerprint density at radius 3 is 2.93 bits per heavy atom. The second-order valence-corrected chi connectivity index (χ2v) is 4.36. The van der Waals surface area contributed by atoms with E-state index in [9.17, 15) is 0 Å². The van der Waals surface area contributed by atoms with Gasteiger partial charge in [0.1, 0.15) is 0 Å². The lowest BCUT2D eigenvalue weighted by Crippen LogP contribution is -2.27. The molecule has 76 valence electrons. The number of rotatable bonds is 1. The maximum Gasteiger partial charge on any atom is 0.0426 e. The molecular weight excluding hydrogens is 196 g/mol. The monoisotopic (exact) mass is 210 g/mol. The van der Waals surface area contributed by atoms with Crippen molar-refractivity contribution >= 4 is 17.3 Å². The SMILES string of the molecule is CN(C)C1CCNc2cc(Cl)ccc21. The number of hydrogen-bond donors (Lipinski definition) is 1. The van der Waals surface area contributed by atoms with Gasteiger partial charge >= 0.3 is 0 Å². The zero-order chi connectivity index (χ0) is 10.1. The number of benzene rings is 1. The summed E-state index contributed by atoms with van der Waals surface area (Å²) < 4.78 is 0.